The fourth-order valence-corrected chi connectivity index (χ4v) is 3.80. The third kappa shape index (κ3) is 6.03. The number of carbonyl (C=O) groups excluding carboxylic acids is 1. The highest BCUT2D eigenvalue weighted by Gasteiger charge is 2.33. The van der Waals surface area contributed by atoms with E-state index in [4.69, 9.17) is 4.74 Å². The van der Waals surface area contributed by atoms with E-state index in [0.717, 1.165) is 24.2 Å². The fraction of sp³-hybridized carbons (Fsp3) is 0.318. The normalized spacial score (nSPS) is 11.4. The van der Waals surface area contributed by atoms with E-state index >= 15 is 0 Å². The van der Waals surface area contributed by atoms with Crippen LogP contribution in [0.3, 0.4) is 0 Å². The van der Waals surface area contributed by atoms with Crippen molar-refractivity contribution in [3.8, 4) is 5.75 Å². The van der Waals surface area contributed by atoms with Crippen molar-refractivity contribution in [2.45, 2.75) is 44.8 Å². The molecule has 0 aliphatic carbocycles. The zero-order chi connectivity index (χ0) is 23.1. The van der Waals surface area contributed by atoms with Crippen LogP contribution in [0.25, 0.3) is 0 Å². The van der Waals surface area contributed by atoms with E-state index in [2.05, 4.69) is 22.4 Å². The predicted molar refractivity (Wildman–Crippen MR) is 117 cm³/mol. The summed E-state index contributed by atoms with van der Waals surface area (Å²) in [6, 6.07) is 12.6. The summed E-state index contributed by atoms with van der Waals surface area (Å²) in [6.07, 6.45) is -3.61. The van der Waals surface area contributed by atoms with Crippen molar-refractivity contribution >= 4 is 23.4 Å². The number of amides is 1. The molecule has 10 heteroatoms. The Kier molecular flexibility index (Phi) is 7.79. The van der Waals surface area contributed by atoms with Crippen LogP contribution in [0.2, 0.25) is 0 Å². The van der Waals surface area contributed by atoms with Crippen molar-refractivity contribution in [3.05, 3.63) is 65.5 Å². The Hall–Kier alpha value is -3.01. The van der Waals surface area contributed by atoms with Crippen molar-refractivity contribution < 1.29 is 22.7 Å². The zero-order valence-corrected chi connectivity index (χ0v) is 18.5. The second-order valence-corrected chi connectivity index (χ2v) is 7.75. The fourth-order valence-electron chi connectivity index (χ4n) is 2.98. The Morgan fingerprint density at radius 2 is 1.81 bits per heavy atom. The molecule has 0 spiro atoms. The molecule has 0 bridgehead atoms. The molecule has 3 aromatic rings. The number of nitrogens with one attached hydrogen (secondary N) is 1. The van der Waals surface area contributed by atoms with Crippen LogP contribution in [0.5, 0.6) is 5.75 Å². The summed E-state index contributed by atoms with van der Waals surface area (Å²) < 4.78 is 46.9. The molecule has 0 aliphatic heterocycles. The van der Waals surface area contributed by atoms with E-state index in [-0.39, 0.29) is 18.0 Å². The second kappa shape index (κ2) is 10.5. The second-order valence-electron chi connectivity index (χ2n) is 6.81. The van der Waals surface area contributed by atoms with Gasteiger partial charge in [-0.1, -0.05) is 43.0 Å². The van der Waals surface area contributed by atoms with Crippen molar-refractivity contribution in [2.24, 2.45) is 0 Å². The minimum atomic E-state index is -4.55. The van der Waals surface area contributed by atoms with Crippen molar-refractivity contribution in [2.75, 3.05) is 11.1 Å². The maximum atomic E-state index is 13.1. The molecule has 0 atom stereocenters. The summed E-state index contributed by atoms with van der Waals surface area (Å²) in [6.45, 7) is 4.75. The van der Waals surface area contributed by atoms with Gasteiger partial charge in [0.25, 0.3) is 0 Å². The maximum absolute atomic E-state index is 13.1. The highest BCUT2D eigenvalue weighted by atomic mass is 32.2. The molecular weight excluding hydrogens is 441 g/mol. The van der Waals surface area contributed by atoms with Gasteiger partial charge >= 0.3 is 6.18 Å². The molecule has 0 saturated carbocycles. The summed E-state index contributed by atoms with van der Waals surface area (Å²) in [4.78, 5) is 12.3. The van der Waals surface area contributed by atoms with Crippen LogP contribution in [-0.4, -0.2) is 26.4 Å². The largest absolute Gasteiger partial charge is 0.486 e. The molecular formula is C22H23F3N4O2S. The van der Waals surface area contributed by atoms with Crippen molar-refractivity contribution in [3.63, 3.8) is 0 Å². The van der Waals surface area contributed by atoms with Gasteiger partial charge in [-0.25, -0.2) is 0 Å². The van der Waals surface area contributed by atoms with E-state index in [9.17, 15) is 18.0 Å². The highest BCUT2D eigenvalue weighted by Crippen LogP contribution is 2.34. The Balaban J connectivity index is 1.60. The van der Waals surface area contributed by atoms with Gasteiger partial charge in [-0.3, -0.25) is 4.79 Å². The lowest BCUT2D eigenvalue weighted by molar-refractivity contribution is -0.137. The number of nitrogens with zero attached hydrogens (tertiary/aromatic N) is 3. The minimum Gasteiger partial charge on any atom is -0.486 e. The Bertz CT molecular complexity index is 1050. The number of carbonyl (C=O) groups is 1. The lowest BCUT2D eigenvalue weighted by Gasteiger charge is -2.13. The number of alkyl halides is 3. The number of ether oxygens (including phenoxy) is 1. The molecule has 170 valence electrons. The molecule has 1 heterocycles. The lowest BCUT2D eigenvalue weighted by atomic mass is 10.1. The molecule has 0 aliphatic rings. The molecule has 1 aromatic heterocycles. The van der Waals surface area contributed by atoms with Gasteiger partial charge in [-0.05, 0) is 43.2 Å². The Labute approximate surface area is 188 Å². The number of rotatable bonds is 9. The number of thioether (sulfide) groups is 1. The van der Waals surface area contributed by atoms with E-state index in [1.165, 1.54) is 23.8 Å². The molecule has 0 fully saturated rings. The number of halogens is 3. The molecule has 0 radical (unpaired) electrons. The van der Waals surface area contributed by atoms with Crippen LogP contribution >= 0.6 is 11.8 Å². The average Bonchev–Trinajstić information content (AvgIpc) is 3.18. The van der Waals surface area contributed by atoms with Crippen molar-refractivity contribution in [1.29, 1.82) is 0 Å². The Morgan fingerprint density at radius 1 is 1.09 bits per heavy atom. The molecule has 32 heavy (non-hydrogen) atoms. The van der Waals surface area contributed by atoms with Crippen molar-refractivity contribution in [1.82, 2.24) is 14.8 Å². The summed E-state index contributed by atoms with van der Waals surface area (Å²) in [5.74, 6) is 0.636. The zero-order valence-electron chi connectivity index (χ0n) is 17.6. The van der Waals surface area contributed by atoms with E-state index in [0.29, 0.717) is 23.3 Å². The monoisotopic (exact) mass is 464 g/mol. The van der Waals surface area contributed by atoms with Crippen LogP contribution in [0.15, 0.2) is 53.7 Å². The van der Waals surface area contributed by atoms with Crippen LogP contribution in [0.1, 0.15) is 30.8 Å². The molecule has 2 aromatic carbocycles. The first-order valence-corrected chi connectivity index (χ1v) is 11.0. The van der Waals surface area contributed by atoms with Gasteiger partial charge in [0.2, 0.25) is 5.91 Å². The first-order chi connectivity index (χ1) is 15.3. The number of hydrogen-bond acceptors (Lipinski definition) is 5. The van der Waals surface area contributed by atoms with Crippen LogP contribution in [-0.2, 0) is 30.5 Å². The van der Waals surface area contributed by atoms with Crippen LogP contribution in [0, 0.1) is 0 Å². The molecule has 6 nitrogen and oxygen atoms in total. The number of hydrogen-bond donors (Lipinski definition) is 1. The number of benzene rings is 2. The van der Waals surface area contributed by atoms with E-state index in [1.54, 1.807) is 0 Å². The van der Waals surface area contributed by atoms with Gasteiger partial charge in [0, 0.05) is 6.54 Å². The predicted octanol–water partition coefficient (Wildman–Crippen LogP) is 5.19. The van der Waals surface area contributed by atoms with Gasteiger partial charge in [-0.15, -0.1) is 10.2 Å². The van der Waals surface area contributed by atoms with Gasteiger partial charge in [0.1, 0.15) is 12.4 Å². The SMILES string of the molecule is CCc1ccc(OCc2nnc(SCC(=O)Nc3ccccc3C(F)(F)F)n2CC)cc1. The summed E-state index contributed by atoms with van der Waals surface area (Å²) >= 11 is 1.10. The summed E-state index contributed by atoms with van der Waals surface area (Å²) in [7, 11) is 0. The lowest BCUT2D eigenvalue weighted by Crippen LogP contribution is -2.18. The van der Waals surface area contributed by atoms with E-state index < -0.39 is 17.6 Å². The van der Waals surface area contributed by atoms with E-state index in [1.807, 2.05) is 35.8 Å². The van der Waals surface area contributed by atoms with Crippen LogP contribution in [0.4, 0.5) is 18.9 Å². The molecule has 0 saturated heterocycles. The number of aromatic nitrogens is 3. The third-order valence-corrected chi connectivity index (χ3v) is 5.61. The number of para-hydroxylation sites is 1. The smallest absolute Gasteiger partial charge is 0.418 e. The number of aryl methyl sites for hydroxylation is 1. The van der Waals surface area contributed by atoms with Gasteiger partial charge < -0.3 is 14.6 Å². The first-order valence-electron chi connectivity index (χ1n) is 10.0. The molecule has 1 amide bonds. The van der Waals surface area contributed by atoms with Gasteiger partial charge in [-0.2, -0.15) is 13.2 Å². The van der Waals surface area contributed by atoms with Crippen LogP contribution < -0.4 is 10.1 Å². The highest BCUT2D eigenvalue weighted by molar-refractivity contribution is 7.99. The average molecular weight is 465 g/mol. The molecule has 1 N–H and O–H groups in total. The standard InChI is InChI=1S/C22H23F3N4O2S/c1-3-15-9-11-16(12-10-15)31-13-19-27-28-21(29(19)4-2)32-14-20(30)26-18-8-6-5-7-17(18)22(23,24)25/h5-12H,3-4,13-14H2,1-2H3,(H,26,30). The maximum Gasteiger partial charge on any atom is 0.418 e. The van der Waals surface area contributed by atoms with Gasteiger partial charge in [0.15, 0.2) is 11.0 Å². The summed E-state index contributed by atoms with van der Waals surface area (Å²) in [5.41, 5.74) is 0.0520. The first kappa shape index (κ1) is 23.6. The number of anilines is 1. The minimum absolute atomic E-state index is 0.107. The quantitative estimate of drug-likeness (QED) is 0.442. The summed E-state index contributed by atoms with van der Waals surface area (Å²) in [5, 5.41) is 11.0. The topological polar surface area (TPSA) is 69.0 Å². The molecule has 3 rings (SSSR count). The van der Waals surface area contributed by atoms with Gasteiger partial charge in [0.05, 0.1) is 17.0 Å². The Morgan fingerprint density at radius 3 is 2.47 bits per heavy atom. The third-order valence-electron chi connectivity index (χ3n) is 4.65. The molecule has 0 unspecified atom stereocenters.